The van der Waals surface area contributed by atoms with Gasteiger partial charge in [0.15, 0.2) is 1.41 Å². The summed E-state index contributed by atoms with van der Waals surface area (Å²) in [5.41, 5.74) is 2.43. The third-order valence-electron chi connectivity index (χ3n) is 1.66. The molecule has 12 nitrogen and oxygen atoms in total. The second kappa shape index (κ2) is 25.8. The summed E-state index contributed by atoms with van der Waals surface area (Å²) in [6.45, 7) is 4.13. The highest BCUT2D eigenvalue weighted by Crippen LogP contribution is 1.89. The predicted octanol–water partition coefficient (Wildman–Crippen LogP) is 1.14. The first-order valence-corrected chi connectivity index (χ1v) is 7.21. The number of nitriles is 2. The van der Waals surface area contributed by atoms with Crippen LogP contribution in [0.1, 0.15) is 40.0 Å². The molecule has 9 N–H and O–H groups in total. The standard InChI is InChI=1S/C7H10N2O2.C7H9NO3.C2H4O2.2H3N/c2*1-6(9)5-7(10)11-4-2-3-8;1-2(3)4;;/h5H,2,4,9H2,1H3;2,4-5H2,1H3;1H3,(H,3,4);2*1H3/b6-5-;;;;/i/hD2. The monoisotopic (exact) mass is 405 g/mol. The summed E-state index contributed by atoms with van der Waals surface area (Å²) in [6.07, 6.45) is 5.06. The van der Waals surface area contributed by atoms with Crippen LogP contribution in [-0.4, -0.2) is 42.0 Å². The number of hydrogen-bond acceptors (Lipinski definition) is 11. The van der Waals surface area contributed by atoms with Crippen LogP contribution in [0.2, 0.25) is 2.82 Å². The number of esters is 2. The Morgan fingerprint density at radius 1 is 1.07 bits per heavy atom. The summed E-state index contributed by atoms with van der Waals surface area (Å²) < 4.78 is 21.0. The highest BCUT2D eigenvalue weighted by atomic mass is 16.5. The molecule has 0 aliphatic carbocycles. The van der Waals surface area contributed by atoms with Gasteiger partial charge >= 0.3 is 11.9 Å². The van der Waals surface area contributed by atoms with Gasteiger partial charge in [-0.15, -0.1) is 0 Å². The van der Waals surface area contributed by atoms with Crippen LogP contribution in [0.4, 0.5) is 0 Å². The summed E-state index contributed by atoms with van der Waals surface area (Å²) >= 11 is 0. The van der Waals surface area contributed by atoms with Crippen molar-refractivity contribution in [3.8, 4) is 12.1 Å². The van der Waals surface area contributed by atoms with E-state index in [1.54, 1.807) is 6.92 Å². The lowest BCUT2D eigenvalue weighted by Crippen LogP contribution is -2.09. The molecule has 0 radical (unpaired) electrons. The van der Waals surface area contributed by atoms with E-state index in [1.807, 2.05) is 17.9 Å². The fraction of sp³-hybridized carbons (Fsp3) is 0.500. The minimum Gasteiger partial charge on any atom is -0.481 e. The first-order chi connectivity index (χ1) is 13.6. The predicted molar refractivity (Wildman–Crippen MR) is 99.0 cm³/mol. The van der Waals surface area contributed by atoms with E-state index in [0.29, 0.717) is 5.70 Å². The number of nitrogens with two attached hydrogens (primary N) is 1. The van der Waals surface area contributed by atoms with Crippen LogP contribution in [0.15, 0.2) is 11.8 Å². The Balaban J connectivity index is -0.000000107. The number of ether oxygens (including phenoxy) is 2. The Kier molecular flexibility index (Phi) is 26.9. The maximum absolute atomic E-state index is 10.8. The van der Waals surface area contributed by atoms with Gasteiger partial charge in [-0.05, 0) is 13.8 Å². The number of carboxylic acids is 1. The molecule has 0 unspecified atom stereocenters. The average Bonchev–Trinajstić information content (AvgIpc) is 2.63. The summed E-state index contributed by atoms with van der Waals surface area (Å²) in [5, 5.41) is 23.6. The number of nitrogens with zero attached hydrogens (tertiary/aromatic N) is 2. The highest BCUT2D eigenvalue weighted by molar-refractivity contribution is 5.94. The first-order valence-electron chi connectivity index (χ1n) is 8.29. The molecular weight excluding hydrogens is 374 g/mol. The molecule has 0 fully saturated rings. The van der Waals surface area contributed by atoms with Crippen LogP contribution in [0.5, 0.6) is 0 Å². The maximum atomic E-state index is 10.8. The first kappa shape index (κ1) is 29.3. The molecule has 0 saturated carbocycles. The van der Waals surface area contributed by atoms with Gasteiger partial charge in [0.25, 0.3) is 5.97 Å². The minimum atomic E-state index is -0.833. The molecule has 0 aliphatic heterocycles. The van der Waals surface area contributed by atoms with Crippen LogP contribution < -0.4 is 18.0 Å². The van der Waals surface area contributed by atoms with E-state index in [-0.39, 0.29) is 44.4 Å². The van der Waals surface area contributed by atoms with Crippen molar-refractivity contribution in [2.75, 3.05) is 13.2 Å². The van der Waals surface area contributed by atoms with Crippen molar-refractivity contribution in [2.45, 2.75) is 40.0 Å². The molecular formula is C16H29N5O7. The van der Waals surface area contributed by atoms with Crippen LogP contribution in [0.25, 0.3) is 0 Å². The lowest BCUT2D eigenvalue weighted by atomic mass is 10.3. The number of aliphatic carboxylic acids is 1. The molecule has 0 bridgehead atoms. The van der Waals surface area contributed by atoms with Crippen molar-refractivity contribution >= 4 is 23.7 Å². The van der Waals surface area contributed by atoms with Gasteiger partial charge in [0, 0.05) is 18.7 Å². The van der Waals surface area contributed by atoms with E-state index in [1.165, 1.54) is 6.92 Å². The smallest absolute Gasteiger partial charge is 0.332 e. The number of hydrogen-bond donors (Lipinski definition) is 4. The molecule has 0 saturated heterocycles. The molecule has 0 heterocycles. The number of carbonyl (C=O) groups excluding carboxylic acids is 3. The maximum Gasteiger partial charge on any atom is 0.332 e. The zero-order valence-corrected chi connectivity index (χ0v) is 16.2. The van der Waals surface area contributed by atoms with Crippen molar-refractivity contribution in [1.29, 1.82) is 10.5 Å². The molecule has 28 heavy (non-hydrogen) atoms. The number of allylic oxidation sites excluding steroid dienone is 1. The summed E-state index contributed by atoms with van der Waals surface area (Å²) in [6, 6.07) is 3.65. The second-order valence-corrected chi connectivity index (χ2v) is 4.43. The third kappa shape index (κ3) is 49.5. The summed E-state index contributed by atoms with van der Waals surface area (Å²) in [4.78, 5) is 40.7. The lowest BCUT2D eigenvalue weighted by Gasteiger charge is -1.98. The van der Waals surface area contributed by atoms with Crippen molar-refractivity contribution in [3.05, 3.63) is 11.8 Å². The zero-order chi connectivity index (χ0) is 23.7. The Morgan fingerprint density at radius 3 is 1.86 bits per heavy atom. The van der Waals surface area contributed by atoms with E-state index < -0.39 is 17.9 Å². The SMILES string of the molecule is CC(=O)CC(=O)OCCC#N.CC(=O)O.N.[2H]N.[2H]N/C(C)=C\C(=O)OCCC#N. The van der Waals surface area contributed by atoms with E-state index in [2.05, 4.69) is 15.6 Å². The van der Waals surface area contributed by atoms with Gasteiger partial charge in [0.05, 0.1) is 25.0 Å². The van der Waals surface area contributed by atoms with Crippen LogP contribution in [0.3, 0.4) is 0 Å². The van der Waals surface area contributed by atoms with Crippen molar-refractivity contribution in [1.82, 2.24) is 12.3 Å². The molecule has 0 atom stereocenters. The largest absolute Gasteiger partial charge is 0.481 e. The Bertz CT molecular complexity index is 598. The Hall–Kier alpha value is -3.48. The molecule has 0 aromatic carbocycles. The number of Topliss-reactive ketones (excluding diaryl/α,β-unsaturated/α-hetero) is 1. The molecule has 0 amide bonds. The molecule has 0 rings (SSSR count). The van der Waals surface area contributed by atoms with E-state index in [4.69, 9.17) is 23.2 Å². The normalized spacial score (nSPS) is 8.86. The topological polar surface area (TPSA) is 251 Å². The highest BCUT2D eigenvalue weighted by Gasteiger charge is 2.04. The quantitative estimate of drug-likeness (QED) is 0.192. The molecule has 0 aromatic heterocycles. The summed E-state index contributed by atoms with van der Waals surface area (Å²) in [5.74, 6) is -2.16. The van der Waals surface area contributed by atoms with Gasteiger partial charge in [-0.25, -0.2) is 4.79 Å². The number of carbonyl (C=O) groups is 4. The van der Waals surface area contributed by atoms with E-state index in [9.17, 15) is 14.4 Å². The number of carboxylic acid groups (broad SMARTS) is 1. The number of ketones is 1. The van der Waals surface area contributed by atoms with Crippen LogP contribution in [0, 0.1) is 22.7 Å². The Morgan fingerprint density at radius 2 is 1.50 bits per heavy atom. The van der Waals surface area contributed by atoms with Crippen molar-refractivity contribution < 1.29 is 36.6 Å². The van der Waals surface area contributed by atoms with Crippen molar-refractivity contribution in [2.24, 2.45) is 5.73 Å². The molecule has 160 valence electrons. The molecule has 0 aliphatic rings. The van der Waals surface area contributed by atoms with E-state index >= 15 is 0 Å². The van der Waals surface area contributed by atoms with Gasteiger partial charge < -0.3 is 32.6 Å². The molecule has 12 heteroatoms. The summed E-state index contributed by atoms with van der Waals surface area (Å²) in [7, 11) is 0. The van der Waals surface area contributed by atoms with Gasteiger partial charge in [-0.1, -0.05) is 0 Å². The lowest BCUT2D eigenvalue weighted by molar-refractivity contribution is -0.145. The van der Waals surface area contributed by atoms with Crippen molar-refractivity contribution in [3.63, 3.8) is 0 Å². The average molecular weight is 405 g/mol. The zero-order valence-electron chi connectivity index (χ0n) is 18.2. The molecule has 0 aromatic rings. The third-order valence-corrected chi connectivity index (χ3v) is 1.66. The molecule has 0 spiro atoms. The fourth-order valence-corrected chi connectivity index (χ4v) is 0.881. The Labute approximate surface area is 167 Å². The van der Waals surface area contributed by atoms with E-state index in [0.717, 1.165) is 13.0 Å². The second-order valence-electron chi connectivity index (χ2n) is 4.43. The number of rotatable bonds is 8. The van der Waals surface area contributed by atoms with Crippen LogP contribution in [-0.2, 0) is 28.7 Å². The van der Waals surface area contributed by atoms with Gasteiger partial charge in [-0.3, -0.25) is 14.4 Å². The van der Waals surface area contributed by atoms with Gasteiger partial charge in [0.1, 0.15) is 26.8 Å². The van der Waals surface area contributed by atoms with Crippen LogP contribution >= 0.6 is 0 Å². The van der Waals surface area contributed by atoms with Gasteiger partial charge in [0.2, 0.25) is 0 Å². The fourth-order valence-electron chi connectivity index (χ4n) is 0.881. The minimum absolute atomic E-state index is 0. The van der Waals surface area contributed by atoms with Gasteiger partial charge in [-0.2, -0.15) is 10.5 Å².